The summed E-state index contributed by atoms with van der Waals surface area (Å²) < 4.78 is 15.3. The number of amides is 1. The molecule has 1 aromatic rings. The van der Waals surface area contributed by atoms with Crippen LogP contribution >= 0.6 is 0 Å². The van der Waals surface area contributed by atoms with E-state index in [1.807, 2.05) is 27.7 Å². The van der Waals surface area contributed by atoms with E-state index < -0.39 is 23.2 Å². The van der Waals surface area contributed by atoms with Crippen LogP contribution in [0.25, 0.3) is 0 Å². The second kappa shape index (κ2) is 7.48. The first-order chi connectivity index (χ1) is 12.4. The lowest BCUT2D eigenvalue weighted by atomic mass is 9.70. The molecule has 1 aromatic heterocycles. The predicted molar refractivity (Wildman–Crippen MR) is 98.2 cm³/mol. The Hall–Kier alpha value is -2.12. The van der Waals surface area contributed by atoms with E-state index >= 15 is 0 Å². The Morgan fingerprint density at radius 3 is 2.56 bits per heavy atom. The van der Waals surface area contributed by atoms with Gasteiger partial charge in [-0.15, -0.1) is 0 Å². The van der Waals surface area contributed by atoms with E-state index in [2.05, 4.69) is 29.3 Å². The van der Waals surface area contributed by atoms with Gasteiger partial charge in [0.05, 0.1) is 6.61 Å². The number of alkyl carbamates (subject to hydrolysis) is 1. The van der Waals surface area contributed by atoms with Crippen molar-refractivity contribution in [2.45, 2.75) is 78.9 Å². The number of esters is 1. The zero-order valence-corrected chi connectivity index (χ0v) is 17.3. The van der Waals surface area contributed by atoms with Gasteiger partial charge in [0.15, 0.2) is 5.82 Å². The molecule has 0 bridgehead atoms. The van der Waals surface area contributed by atoms with E-state index in [0.717, 1.165) is 12.8 Å². The minimum Gasteiger partial charge on any atom is -0.459 e. The standard InChI is InChI=1S/C19H31N3O5/c1-8-25-15(23)14-20-13(22-27-14)11-12-9-10-19(7,18(12,5)6)21-16(24)26-17(2,3)4/h12H,8-11H2,1-7H3,(H,21,24)/t12-,19-/m0/s1. The molecule has 0 spiro atoms. The topological polar surface area (TPSA) is 104 Å². The van der Waals surface area contributed by atoms with E-state index in [1.165, 1.54) is 0 Å². The molecule has 0 saturated heterocycles. The lowest BCUT2D eigenvalue weighted by Crippen LogP contribution is -2.55. The molecule has 0 aromatic carbocycles. The highest BCUT2D eigenvalue weighted by atomic mass is 16.6. The lowest BCUT2D eigenvalue weighted by Gasteiger charge is -2.42. The van der Waals surface area contributed by atoms with Gasteiger partial charge in [-0.3, -0.25) is 0 Å². The molecule has 1 aliphatic rings. The van der Waals surface area contributed by atoms with Crippen LogP contribution in [-0.4, -0.2) is 40.0 Å². The van der Waals surface area contributed by atoms with Crippen molar-refractivity contribution in [2.24, 2.45) is 11.3 Å². The SMILES string of the molecule is CCOC(=O)c1nc(C[C@@H]2CC[C@](C)(NC(=O)OC(C)(C)C)C2(C)C)no1. The summed E-state index contributed by atoms with van der Waals surface area (Å²) in [6.07, 6.45) is 1.85. The summed E-state index contributed by atoms with van der Waals surface area (Å²) in [5.41, 5.74) is -1.20. The minimum atomic E-state index is -0.613. The Morgan fingerprint density at radius 1 is 1.30 bits per heavy atom. The third kappa shape index (κ3) is 4.78. The van der Waals surface area contributed by atoms with Gasteiger partial charge in [0, 0.05) is 12.0 Å². The van der Waals surface area contributed by atoms with E-state index in [4.69, 9.17) is 14.0 Å². The van der Waals surface area contributed by atoms with E-state index in [-0.39, 0.29) is 23.8 Å². The summed E-state index contributed by atoms with van der Waals surface area (Å²) in [6.45, 7) is 13.8. The first-order valence-corrected chi connectivity index (χ1v) is 9.39. The first-order valence-electron chi connectivity index (χ1n) is 9.39. The molecule has 2 atom stereocenters. The highest BCUT2D eigenvalue weighted by Crippen LogP contribution is 2.51. The molecule has 1 amide bonds. The van der Waals surface area contributed by atoms with Crippen LogP contribution in [0.1, 0.15) is 77.8 Å². The number of hydrogen-bond acceptors (Lipinski definition) is 7. The summed E-state index contributed by atoms with van der Waals surface area (Å²) in [5.74, 6) is -0.0570. The monoisotopic (exact) mass is 381 g/mol. The molecule has 152 valence electrons. The smallest absolute Gasteiger partial charge is 0.408 e. The van der Waals surface area contributed by atoms with Crippen LogP contribution in [0.3, 0.4) is 0 Å². The summed E-state index contributed by atoms with van der Waals surface area (Å²) in [6, 6.07) is 0. The van der Waals surface area contributed by atoms with Crippen molar-refractivity contribution in [3.05, 3.63) is 11.7 Å². The largest absolute Gasteiger partial charge is 0.459 e. The highest BCUT2D eigenvalue weighted by molar-refractivity contribution is 5.83. The van der Waals surface area contributed by atoms with E-state index in [9.17, 15) is 9.59 Å². The minimum absolute atomic E-state index is 0.128. The third-order valence-electron chi connectivity index (χ3n) is 5.56. The molecule has 8 heteroatoms. The number of carbonyl (C=O) groups is 2. The normalized spacial score (nSPS) is 24.5. The Morgan fingerprint density at radius 2 is 1.96 bits per heavy atom. The number of nitrogens with one attached hydrogen (secondary N) is 1. The lowest BCUT2D eigenvalue weighted by molar-refractivity contribution is 0.0349. The van der Waals surface area contributed by atoms with Gasteiger partial charge in [-0.1, -0.05) is 19.0 Å². The van der Waals surface area contributed by atoms with Gasteiger partial charge in [0.1, 0.15) is 5.60 Å². The zero-order valence-electron chi connectivity index (χ0n) is 17.3. The Bertz CT molecular complexity index is 692. The Labute approximate surface area is 160 Å². The molecular formula is C19H31N3O5. The molecule has 0 aliphatic heterocycles. The maximum absolute atomic E-state index is 12.3. The third-order valence-corrected chi connectivity index (χ3v) is 5.56. The van der Waals surface area contributed by atoms with Gasteiger partial charge < -0.3 is 19.3 Å². The van der Waals surface area contributed by atoms with Gasteiger partial charge in [-0.25, -0.2) is 9.59 Å². The van der Waals surface area contributed by atoms with Crippen molar-refractivity contribution in [2.75, 3.05) is 6.61 Å². The number of nitrogens with zero attached hydrogens (tertiary/aromatic N) is 2. The highest BCUT2D eigenvalue weighted by Gasteiger charge is 2.52. The summed E-state index contributed by atoms with van der Waals surface area (Å²) in [4.78, 5) is 28.1. The van der Waals surface area contributed by atoms with Crippen molar-refractivity contribution in [3.8, 4) is 0 Å². The zero-order chi connectivity index (χ0) is 20.5. The molecule has 1 fully saturated rings. The quantitative estimate of drug-likeness (QED) is 0.778. The van der Waals surface area contributed by atoms with Crippen LogP contribution < -0.4 is 5.32 Å². The molecular weight excluding hydrogens is 350 g/mol. The molecule has 0 radical (unpaired) electrons. The number of hydrogen-bond donors (Lipinski definition) is 1. The molecule has 1 saturated carbocycles. The summed E-state index contributed by atoms with van der Waals surface area (Å²) in [5, 5.41) is 6.97. The number of carbonyl (C=O) groups excluding carboxylic acids is 2. The van der Waals surface area contributed by atoms with Crippen molar-refractivity contribution in [1.82, 2.24) is 15.5 Å². The molecule has 2 rings (SSSR count). The average molecular weight is 381 g/mol. The summed E-state index contributed by atoms with van der Waals surface area (Å²) in [7, 11) is 0. The fourth-order valence-corrected chi connectivity index (χ4v) is 3.54. The summed E-state index contributed by atoms with van der Waals surface area (Å²) >= 11 is 0. The van der Waals surface area contributed by atoms with Crippen molar-refractivity contribution < 1.29 is 23.6 Å². The van der Waals surface area contributed by atoms with Crippen molar-refractivity contribution in [3.63, 3.8) is 0 Å². The fourth-order valence-electron chi connectivity index (χ4n) is 3.54. The average Bonchev–Trinajstić information content (AvgIpc) is 3.05. The molecule has 8 nitrogen and oxygen atoms in total. The number of rotatable bonds is 5. The molecule has 1 N–H and O–H groups in total. The first kappa shape index (κ1) is 21.2. The van der Waals surface area contributed by atoms with Crippen molar-refractivity contribution in [1.29, 1.82) is 0 Å². The second-order valence-corrected chi connectivity index (χ2v) is 8.86. The number of ether oxygens (including phenoxy) is 2. The molecule has 0 unspecified atom stereocenters. The fraction of sp³-hybridized carbons (Fsp3) is 0.789. The molecule has 1 aliphatic carbocycles. The van der Waals surface area contributed by atoms with E-state index in [0.29, 0.717) is 12.2 Å². The van der Waals surface area contributed by atoms with Gasteiger partial charge in [-0.2, -0.15) is 4.98 Å². The Kier molecular flexibility index (Phi) is 5.87. The molecule has 1 heterocycles. The van der Waals surface area contributed by atoms with Crippen molar-refractivity contribution >= 4 is 12.1 Å². The number of aromatic nitrogens is 2. The predicted octanol–water partition coefficient (Wildman–Crippen LogP) is 3.51. The van der Waals surface area contributed by atoms with Crippen LogP contribution in [0.15, 0.2) is 4.52 Å². The Balaban J connectivity index is 2.06. The van der Waals surface area contributed by atoms with Crippen LogP contribution in [-0.2, 0) is 15.9 Å². The van der Waals surface area contributed by atoms with Gasteiger partial charge in [0.2, 0.25) is 0 Å². The van der Waals surface area contributed by atoms with Crippen LogP contribution in [0.2, 0.25) is 0 Å². The maximum Gasteiger partial charge on any atom is 0.408 e. The second-order valence-electron chi connectivity index (χ2n) is 8.86. The van der Waals surface area contributed by atoms with Gasteiger partial charge >= 0.3 is 18.0 Å². The van der Waals surface area contributed by atoms with E-state index in [1.54, 1.807) is 6.92 Å². The van der Waals surface area contributed by atoms with Crippen LogP contribution in [0.4, 0.5) is 4.79 Å². The molecule has 27 heavy (non-hydrogen) atoms. The van der Waals surface area contributed by atoms with Gasteiger partial charge in [-0.05, 0) is 58.8 Å². The maximum atomic E-state index is 12.3. The van der Waals surface area contributed by atoms with Crippen LogP contribution in [0, 0.1) is 11.3 Å². The van der Waals surface area contributed by atoms with Crippen LogP contribution in [0.5, 0.6) is 0 Å². The van der Waals surface area contributed by atoms with Gasteiger partial charge in [0.25, 0.3) is 0 Å².